The van der Waals surface area contributed by atoms with Crippen LogP contribution in [0.25, 0.3) is 0 Å². The van der Waals surface area contributed by atoms with Gasteiger partial charge in [-0.15, -0.1) is 11.8 Å². The second-order valence-electron chi connectivity index (χ2n) is 3.41. The molecule has 1 atom stereocenters. The van der Waals surface area contributed by atoms with Crippen molar-refractivity contribution >= 4 is 11.8 Å². The molecule has 2 heteroatoms. The Hall–Kier alpha value is 0.310. The van der Waals surface area contributed by atoms with E-state index in [2.05, 4.69) is 11.2 Å². The molecule has 3 aliphatic heterocycles. The second kappa shape index (κ2) is 2.74. The average molecular weight is 157 g/mol. The van der Waals surface area contributed by atoms with Crippen molar-refractivity contribution in [2.75, 3.05) is 19.3 Å². The van der Waals surface area contributed by atoms with Crippen molar-refractivity contribution in [3.8, 4) is 0 Å². The maximum atomic E-state index is 2.64. The fourth-order valence-electron chi connectivity index (χ4n) is 2.16. The zero-order valence-corrected chi connectivity index (χ0v) is 7.36. The van der Waals surface area contributed by atoms with Crippen LogP contribution in [0.5, 0.6) is 0 Å². The summed E-state index contributed by atoms with van der Waals surface area (Å²) < 4.78 is 0. The second-order valence-corrected chi connectivity index (χ2v) is 4.42. The van der Waals surface area contributed by atoms with E-state index >= 15 is 0 Å². The molecule has 2 bridgehead atoms. The van der Waals surface area contributed by atoms with Crippen LogP contribution < -0.4 is 0 Å². The van der Waals surface area contributed by atoms with Gasteiger partial charge in [0.05, 0.1) is 5.37 Å². The Bertz CT molecular complexity index is 118. The van der Waals surface area contributed by atoms with Crippen LogP contribution in [-0.4, -0.2) is 29.6 Å². The quantitative estimate of drug-likeness (QED) is 0.571. The largest absolute Gasteiger partial charge is 0.291 e. The van der Waals surface area contributed by atoms with Gasteiger partial charge in [0.2, 0.25) is 0 Å². The molecule has 0 aromatic carbocycles. The number of rotatable bonds is 1. The first-order valence-electron chi connectivity index (χ1n) is 4.17. The first kappa shape index (κ1) is 6.99. The Morgan fingerprint density at radius 3 is 2.30 bits per heavy atom. The summed E-state index contributed by atoms with van der Waals surface area (Å²) in [6.07, 6.45) is 6.64. The summed E-state index contributed by atoms with van der Waals surface area (Å²) in [5.41, 5.74) is 0. The summed E-state index contributed by atoms with van der Waals surface area (Å²) in [5.74, 6) is 1.07. The van der Waals surface area contributed by atoms with E-state index in [1.54, 1.807) is 0 Å². The summed E-state index contributed by atoms with van der Waals surface area (Å²) in [4.78, 5) is 2.64. The minimum Gasteiger partial charge on any atom is -0.291 e. The highest BCUT2D eigenvalue weighted by molar-refractivity contribution is 7.99. The van der Waals surface area contributed by atoms with Gasteiger partial charge in [-0.25, -0.2) is 0 Å². The first-order chi connectivity index (χ1) is 4.90. The predicted octanol–water partition coefficient (Wildman–Crippen LogP) is 1.79. The van der Waals surface area contributed by atoms with Gasteiger partial charge >= 0.3 is 0 Å². The third-order valence-corrected chi connectivity index (χ3v) is 3.90. The zero-order valence-electron chi connectivity index (χ0n) is 6.55. The van der Waals surface area contributed by atoms with Crippen LogP contribution in [0.3, 0.4) is 0 Å². The number of nitrogens with zero attached hydrogens (tertiary/aromatic N) is 1. The molecule has 0 spiro atoms. The molecule has 0 aliphatic carbocycles. The Morgan fingerprint density at radius 1 is 1.30 bits per heavy atom. The SMILES string of the molecule is CSC1CC2CCN1CC2. The van der Waals surface area contributed by atoms with Crippen molar-refractivity contribution in [2.24, 2.45) is 5.92 Å². The summed E-state index contributed by atoms with van der Waals surface area (Å²) >= 11 is 2.03. The topological polar surface area (TPSA) is 3.24 Å². The smallest absolute Gasteiger partial charge is 0.0557 e. The van der Waals surface area contributed by atoms with Crippen molar-refractivity contribution in [1.82, 2.24) is 4.90 Å². The van der Waals surface area contributed by atoms with E-state index in [9.17, 15) is 0 Å². The lowest BCUT2D eigenvalue weighted by atomic mass is 9.88. The molecule has 1 nitrogen and oxygen atoms in total. The number of hydrogen-bond donors (Lipinski definition) is 0. The number of thioether (sulfide) groups is 1. The first-order valence-corrected chi connectivity index (χ1v) is 5.46. The minimum absolute atomic E-state index is 0.868. The predicted molar refractivity (Wildman–Crippen MR) is 46.2 cm³/mol. The van der Waals surface area contributed by atoms with Gasteiger partial charge in [0.15, 0.2) is 0 Å². The van der Waals surface area contributed by atoms with Gasteiger partial charge in [0.1, 0.15) is 0 Å². The standard InChI is InChI=1S/C8H15NS/c1-10-8-6-7-2-4-9(8)5-3-7/h7-8H,2-6H2,1H3. The summed E-state index contributed by atoms with van der Waals surface area (Å²) in [6, 6.07) is 0. The maximum Gasteiger partial charge on any atom is 0.0557 e. The molecule has 1 unspecified atom stereocenters. The van der Waals surface area contributed by atoms with Crippen LogP contribution in [0, 0.1) is 5.92 Å². The fraction of sp³-hybridized carbons (Fsp3) is 1.00. The Balaban J connectivity index is 2.01. The lowest BCUT2D eigenvalue weighted by Gasteiger charge is -2.44. The minimum atomic E-state index is 0.868. The zero-order chi connectivity index (χ0) is 6.97. The Morgan fingerprint density at radius 2 is 2.00 bits per heavy atom. The van der Waals surface area contributed by atoms with Gasteiger partial charge in [-0.1, -0.05) is 0 Å². The third-order valence-electron chi connectivity index (χ3n) is 2.86. The molecule has 0 aromatic rings. The van der Waals surface area contributed by atoms with Crippen molar-refractivity contribution in [2.45, 2.75) is 24.6 Å². The van der Waals surface area contributed by atoms with Crippen molar-refractivity contribution in [3.05, 3.63) is 0 Å². The molecule has 3 aliphatic rings. The van der Waals surface area contributed by atoms with Crippen molar-refractivity contribution < 1.29 is 0 Å². The van der Waals surface area contributed by atoms with E-state index in [1.165, 1.54) is 32.4 Å². The molecule has 0 aromatic heterocycles. The molecule has 10 heavy (non-hydrogen) atoms. The van der Waals surface area contributed by atoms with Gasteiger partial charge in [-0.05, 0) is 44.5 Å². The third kappa shape index (κ3) is 1.08. The monoisotopic (exact) mass is 157 g/mol. The summed E-state index contributed by atoms with van der Waals surface area (Å²) in [6.45, 7) is 2.74. The van der Waals surface area contributed by atoms with E-state index in [4.69, 9.17) is 0 Å². The molecule has 3 rings (SSSR count). The van der Waals surface area contributed by atoms with Crippen LogP contribution >= 0.6 is 11.8 Å². The number of piperidine rings is 3. The highest BCUT2D eigenvalue weighted by atomic mass is 32.2. The Labute approximate surface area is 67.2 Å². The Kier molecular flexibility index (Phi) is 1.92. The van der Waals surface area contributed by atoms with Crippen LogP contribution in [0.1, 0.15) is 19.3 Å². The normalized spacial score (nSPS) is 45.9. The van der Waals surface area contributed by atoms with Gasteiger partial charge in [-0.2, -0.15) is 0 Å². The van der Waals surface area contributed by atoms with Gasteiger partial charge in [-0.3, -0.25) is 4.90 Å². The van der Waals surface area contributed by atoms with Gasteiger partial charge in [0.25, 0.3) is 0 Å². The molecule has 58 valence electrons. The van der Waals surface area contributed by atoms with E-state index in [1.807, 2.05) is 11.8 Å². The molecular weight excluding hydrogens is 142 g/mol. The maximum absolute atomic E-state index is 2.64. The lowest BCUT2D eigenvalue weighted by molar-refractivity contribution is 0.0938. The molecule has 3 saturated heterocycles. The molecule has 0 radical (unpaired) electrons. The van der Waals surface area contributed by atoms with Gasteiger partial charge < -0.3 is 0 Å². The number of hydrogen-bond acceptors (Lipinski definition) is 2. The number of fused-ring (bicyclic) bond motifs is 3. The van der Waals surface area contributed by atoms with Crippen LogP contribution in [0.4, 0.5) is 0 Å². The molecular formula is C8H15NS. The van der Waals surface area contributed by atoms with Gasteiger partial charge in [0, 0.05) is 0 Å². The van der Waals surface area contributed by atoms with Crippen LogP contribution in [0.2, 0.25) is 0 Å². The summed E-state index contributed by atoms with van der Waals surface area (Å²) in [5, 5.41) is 0.868. The van der Waals surface area contributed by atoms with Crippen LogP contribution in [-0.2, 0) is 0 Å². The van der Waals surface area contributed by atoms with Crippen molar-refractivity contribution in [1.29, 1.82) is 0 Å². The highest BCUT2D eigenvalue weighted by Gasteiger charge is 2.32. The average Bonchev–Trinajstić information content (AvgIpc) is 2.06. The molecule has 0 amide bonds. The van der Waals surface area contributed by atoms with E-state index in [0.717, 1.165) is 11.3 Å². The molecule has 3 fully saturated rings. The summed E-state index contributed by atoms with van der Waals surface area (Å²) in [7, 11) is 0. The van der Waals surface area contributed by atoms with E-state index in [-0.39, 0.29) is 0 Å². The van der Waals surface area contributed by atoms with E-state index < -0.39 is 0 Å². The van der Waals surface area contributed by atoms with E-state index in [0.29, 0.717) is 0 Å². The lowest BCUT2D eigenvalue weighted by Crippen LogP contribution is -2.46. The fourth-order valence-corrected chi connectivity index (χ4v) is 3.13. The molecule has 0 N–H and O–H groups in total. The van der Waals surface area contributed by atoms with Crippen LogP contribution in [0.15, 0.2) is 0 Å². The van der Waals surface area contributed by atoms with Crippen molar-refractivity contribution in [3.63, 3.8) is 0 Å². The molecule has 3 heterocycles. The highest BCUT2D eigenvalue weighted by Crippen LogP contribution is 2.35. The molecule has 0 saturated carbocycles.